The molecule has 3 atom stereocenters. The number of amides is 4. The lowest BCUT2D eigenvalue weighted by atomic mass is 10.1. The van der Waals surface area contributed by atoms with Gasteiger partial charge >= 0.3 is 6.18 Å². The lowest BCUT2D eigenvalue weighted by Gasteiger charge is -2.25. The second-order valence-electron chi connectivity index (χ2n) is 9.36. The van der Waals surface area contributed by atoms with Gasteiger partial charge in [0.15, 0.2) is 0 Å². The molecule has 218 valence electrons. The van der Waals surface area contributed by atoms with E-state index >= 15 is 0 Å². The van der Waals surface area contributed by atoms with Gasteiger partial charge in [0, 0.05) is 44.0 Å². The highest BCUT2D eigenvalue weighted by molar-refractivity contribution is 8.01. The first-order chi connectivity index (χ1) is 19.0. The molecule has 2 aliphatic rings. The summed E-state index contributed by atoms with van der Waals surface area (Å²) in [6.45, 7) is 2.36. The molecule has 40 heavy (non-hydrogen) atoms. The molecule has 15 heteroatoms. The Morgan fingerprint density at radius 1 is 1.27 bits per heavy atom. The molecule has 4 amide bonds. The summed E-state index contributed by atoms with van der Waals surface area (Å²) >= 11 is 1.29. The topological polar surface area (TPSA) is 147 Å². The van der Waals surface area contributed by atoms with Gasteiger partial charge in [-0.05, 0) is 31.5 Å². The zero-order valence-electron chi connectivity index (χ0n) is 21.9. The average Bonchev–Trinajstić information content (AvgIpc) is 3.19. The first-order valence-corrected chi connectivity index (χ1v) is 13.8. The Hall–Kier alpha value is -3.51. The SMILES string of the molecule is CCN1C(=O)C(CCNc2cccc(NC(=O)CN3CCNC(=O)C3)c2)SC1CC(C#N)C(=O)NCC(F)(F)F. The van der Waals surface area contributed by atoms with Crippen molar-refractivity contribution in [2.75, 3.05) is 56.4 Å². The number of carbonyl (C=O) groups excluding carboxylic acids is 4. The van der Waals surface area contributed by atoms with E-state index in [-0.39, 0.29) is 37.2 Å². The number of nitriles is 1. The van der Waals surface area contributed by atoms with Gasteiger partial charge in [-0.15, -0.1) is 11.8 Å². The van der Waals surface area contributed by atoms with Crippen molar-refractivity contribution in [2.45, 2.75) is 36.6 Å². The molecule has 11 nitrogen and oxygen atoms in total. The van der Waals surface area contributed by atoms with Gasteiger partial charge in [-0.25, -0.2) is 0 Å². The van der Waals surface area contributed by atoms with Crippen LogP contribution in [0.1, 0.15) is 19.8 Å². The van der Waals surface area contributed by atoms with E-state index in [0.29, 0.717) is 38.3 Å². The van der Waals surface area contributed by atoms with Crippen LogP contribution >= 0.6 is 11.8 Å². The molecule has 0 saturated carbocycles. The van der Waals surface area contributed by atoms with Gasteiger partial charge in [-0.2, -0.15) is 18.4 Å². The number of halogens is 3. The number of benzene rings is 1. The Labute approximate surface area is 234 Å². The van der Waals surface area contributed by atoms with E-state index in [9.17, 15) is 37.6 Å². The number of hydrogen-bond acceptors (Lipinski definition) is 8. The van der Waals surface area contributed by atoms with Crippen molar-refractivity contribution in [1.29, 1.82) is 5.26 Å². The fourth-order valence-electron chi connectivity index (χ4n) is 4.40. The minimum Gasteiger partial charge on any atom is -0.385 e. The summed E-state index contributed by atoms with van der Waals surface area (Å²) in [5, 5.41) is 18.9. The van der Waals surface area contributed by atoms with Crippen LogP contribution in [-0.4, -0.2) is 96.0 Å². The maximum atomic E-state index is 12.9. The number of nitrogens with one attached hydrogen (secondary N) is 4. The molecule has 0 spiro atoms. The van der Waals surface area contributed by atoms with E-state index in [1.807, 2.05) is 6.07 Å². The van der Waals surface area contributed by atoms with Gasteiger partial charge < -0.3 is 26.2 Å². The molecule has 3 rings (SSSR count). The van der Waals surface area contributed by atoms with E-state index < -0.39 is 35.2 Å². The van der Waals surface area contributed by atoms with Crippen molar-refractivity contribution in [2.24, 2.45) is 5.92 Å². The number of alkyl halides is 3. The largest absolute Gasteiger partial charge is 0.405 e. The van der Waals surface area contributed by atoms with Gasteiger partial charge in [0.05, 0.1) is 29.8 Å². The summed E-state index contributed by atoms with van der Waals surface area (Å²) < 4.78 is 37.3. The average molecular weight is 584 g/mol. The van der Waals surface area contributed by atoms with Crippen LogP contribution in [0.3, 0.4) is 0 Å². The third-order valence-corrected chi connectivity index (χ3v) is 7.83. The summed E-state index contributed by atoms with van der Waals surface area (Å²) in [5.41, 5.74) is 1.30. The van der Waals surface area contributed by atoms with Crippen LogP contribution in [0.15, 0.2) is 24.3 Å². The van der Waals surface area contributed by atoms with Crippen LogP contribution < -0.4 is 21.3 Å². The van der Waals surface area contributed by atoms with E-state index in [4.69, 9.17) is 0 Å². The predicted octanol–water partition coefficient (Wildman–Crippen LogP) is 1.36. The lowest BCUT2D eigenvalue weighted by Crippen LogP contribution is -2.49. The number of piperazine rings is 1. The highest BCUT2D eigenvalue weighted by Crippen LogP contribution is 2.37. The van der Waals surface area contributed by atoms with Crippen molar-refractivity contribution in [3.05, 3.63) is 24.3 Å². The minimum atomic E-state index is -4.58. The van der Waals surface area contributed by atoms with E-state index in [1.54, 1.807) is 46.3 Å². The summed E-state index contributed by atoms with van der Waals surface area (Å²) in [6.07, 6.45) is -4.22. The van der Waals surface area contributed by atoms with Crippen LogP contribution in [0.25, 0.3) is 0 Å². The molecular weight excluding hydrogens is 551 g/mol. The van der Waals surface area contributed by atoms with Gasteiger partial charge in [0.1, 0.15) is 12.5 Å². The molecule has 2 heterocycles. The number of anilines is 2. The van der Waals surface area contributed by atoms with E-state index in [2.05, 4.69) is 16.0 Å². The van der Waals surface area contributed by atoms with Crippen molar-refractivity contribution < 1.29 is 32.3 Å². The molecular formula is C25H32F3N7O4S. The highest BCUT2D eigenvalue weighted by atomic mass is 32.2. The molecule has 4 N–H and O–H groups in total. The molecule has 0 aliphatic carbocycles. The maximum absolute atomic E-state index is 12.9. The Balaban J connectivity index is 1.48. The molecule has 0 aromatic heterocycles. The van der Waals surface area contributed by atoms with Crippen molar-refractivity contribution >= 4 is 46.8 Å². The number of carbonyl (C=O) groups is 4. The second kappa shape index (κ2) is 14.2. The zero-order valence-corrected chi connectivity index (χ0v) is 22.7. The van der Waals surface area contributed by atoms with Crippen molar-refractivity contribution in [1.82, 2.24) is 20.4 Å². The van der Waals surface area contributed by atoms with Crippen molar-refractivity contribution in [3.8, 4) is 6.07 Å². The molecule has 2 saturated heterocycles. The predicted molar refractivity (Wildman–Crippen MR) is 143 cm³/mol. The van der Waals surface area contributed by atoms with Crippen molar-refractivity contribution in [3.63, 3.8) is 0 Å². The fraction of sp³-hybridized carbons (Fsp3) is 0.560. The van der Waals surface area contributed by atoms with Gasteiger partial charge in [0.2, 0.25) is 23.6 Å². The third-order valence-electron chi connectivity index (χ3n) is 6.31. The second-order valence-corrected chi connectivity index (χ2v) is 10.7. The van der Waals surface area contributed by atoms with Gasteiger partial charge in [-0.1, -0.05) is 6.07 Å². The normalized spacial score (nSPS) is 20.4. The highest BCUT2D eigenvalue weighted by Gasteiger charge is 2.41. The minimum absolute atomic E-state index is 0.0712. The summed E-state index contributed by atoms with van der Waals surface area (Å²) in [4.78, 5) is 52.2. The molecule has 2 aliphatic heterocycles. The molecule has 0 radical (unpaired) electrons. The Kier molecular flexibility index (Phi) is 11.0. The Morgan fingerprint density at radius 3 is 2.70 bits per heavy atom. The molecule has 0 bridgehead atoms. The molecule has 3 unspecified atom stereocenters. The van der Waals surface area contributed by atoms with Gasteiger partial charge in [-0.3, -0.25) is 24.1 Å². The summed E-state index contributed by atoms with van der Waals surface area (Å²) in [6, 6.07) is 8.82. The van der Waals surface area contributed by atoms with E-state index in [0.717, 1.165) is 5.69 Å². The van der Waals surface area contributed by atoms with Crippen LogP contribution in [0.5, 0.6) is 0 Å². The Morgan fingerprint density at radius 2 is 2.02 bits per heavy atom. The monoisotopic (exact) mass is 583 g/mol. The number of thioether (sulfide) groups is 1. The maximum Gasteiger partial charge on any atom is 0.405 e. The molecule has 1 aromatic carbocycles. The fourth-order valence-corrected chi connectivity index (χ4v) is 5.99. The summed E-state index contributed by atoms with van der Waals surface area (Å²) in [7, 11) is 0. The number of nitrogens with zero attached hydrogens (tertiary/aromatic N) is 3. The van der Waals surface area contributed by atoms with Gasteiger partial charge in [0.25, 0.3) is 0 Å². The van der Waals surface area contributed by atoms with Crippen LogP contribution in [0.2, 0.25) is 0 Å². The lowest BCUT2D eigenvalue weighted by molar-refractivity contribution is -0.140. The van der Waals surface area contributed by atoms with Crippen LogP contribution in [0.4, 0.5) is 24.5 Å². The van der Waals surface area contributed by atoms with Crippen LogP contribution in [0, 0.1) is 17.2 Å². The van der Waals surface area contributed by atoms with E-state index in [1.165, 1.54) is 11.8 Å². The molecule has 1 aromatic rings. The smallest absolute Gasteiger partial charge is 0.385 e. The standard InChI is InChI=1S/C25H32F3N7O4S/c1-2-35-22(10-16(12-29)23(38)32-15-25(26,27)28)40-19(24(35)39)6-7-30-17-4-3-5-18(11-17)33-21(37)14-34-9-8-31-20(36)13-34/h3-5,11,16,19,22,30H,2,6-10,13-15H2,1H3,(H,31,36)(H,32,38)(H,33,37). The first-order valence-electron chi connectivity index (χ1n) is 12.8. The molecule has 2 fully saturated rings. The third kappa shape index (κ3) is 9.30. The quantitative estimate of drug-likeness (QED) is 0.289. The Bertz CT molecular complexity index is 1130. The first kappa shape index (κ1) is 31.0. The number of hydrogen-bond donors (Lipinski definition) is 4. The summed E-state index contributed by atoms with van der Waals surface area (Å²) in [5.74, 6) is -2.84. The number of rotatable bonds is 12. The zero-order chi connectivity index (χ0) is 29.3. The van der Waals surface area contributed by atoms with Crippen LogP contribution in [-0.2, 0) is 19.2 Å².